The molecule has 3 nitrogen and oxygen atoms in total. The van der Waals surface area contributed by atoms with Gasteiger partial charge in [0.1, 0.15) is 5.75 Å². The normalized spacial score (nSPS) is 11.3. The van der Waals surface area contributed by atoms with Crippen LogP contribution in [-0.2, 0) is 11.2 Å². The predicted molar refractivity (Wildman–Crippen MR) is 94.3 cm³/mol. The molecule has 0 aliphatic rings. The van der Waals surface area contributed by atoms with Gasteiger partial charge in [0, 0.05) is 5.69 Å². The van der Waals surface area contributed by atoms with Gasteiger partial charge in [-0.3, -0.25) is 4.79 Å². The zero-order valence-electron chi connectivity index (χ0n) is 13.7. The van der Waals surface area contributed by atoms with E-state index in [1.807, 2.05) is 42.5 Å². The van der Waals surface area contributed by atoms with Crippen LogP contribution in [-0.4, -0.2) is 18.7 Å². The van der Waals surface area contributed by atoms with Crippen LogP contribution in [0.2, 0.25) is 0 Å². The van der Waals surface area contributed by atoms with Crippen LogP contribution >= 0.6 is 0 Å². The summed E-state index contributed by atoms with van der Waals surface area (Å²) >= 11 is 0. The van der Waals surface area contributed by atoms with Crippen molar-refractivity contribution in [2.24, 2.45) is 0 Å². The van der Waals surface area contributed by atoms with Gasteiger partial charge in [-0.25, -0.2) is 0 Å². The molecule has 1 amide bonds. The lowest BCUT2D eigenvalue weighted by molar-refractivity contribution is -0.153. The molecule has 0 aliphatic carbocycles. The SMILES string of the molecule is O=C(Cc1cccc2ccccc12)Nc1ccc(OCC(F)(F)F)cc1. The van der Waals surface area contributed by atoms with Crippen LogP contribution in [0.5, 0.6) is 5.75 Å². The highest BCUT2D eigenvalue weighted by Gasteiger charge is 2.28. The van der Waals surface area contributed by atoms with Gasteiger partial charge in [-0.2, -0.15) is 13.2 Å². The van der Waals surface area contributed by atoms with E-state index in [1.165, 1.54) is 24.3 Å². The second-order valence-electron chi connectivity index (χ2n) is 5.79. The Morgan fingerprint density at radius 1 is 0.923 bits per heavy atom. The maximum atomic E-state index is 12.3. The molecule has 0 aromatic heterocycles. The highest BCUT2D eigenvalue weighted by molar-refractivity contribution is 5.96. The van der Waals surface area contributed by atoms with Crippen molar-refractivity contribution in [3.63, 3.8) is 0 Å². The molecule has 0 saturated carbocycles. The number of halogens is 3. The summed E-state index contributed by atoms with van der Waals surface area (Å²) < 4.78 is 41.0. The third-order valence-corrected chi connectivity index (χ3v) is 3.77. The van der Waals surface area contributed by atoms with Crippen LogP contribution < -0.4 is 10.1 Å². The van der Waals surface area contributed by atoms with Gasteiger partial charge in [0.05, 0.1) is 6.42 Å². The van der Waals surface area contributed by atoms with E-state index in [1.54, 1.807) is 0 Å². The van der Waals surface area contributed by atoms with E-state index in [4.69, 9.17) is 0 Å². The number of rotatable bonds is 5. The van der Waals surface area contributed by atoms with Crippen LogP contribution in [0.25, 0.3) is 10.8 Å². The molecule has 0 atom stereocenters. The molecule has 0 bridgehead atoms. The molecule has 0 saturated heterocycles. The van der Waals surface area contributed by atoms with E-state index in [0.717, 1.165) is 16.3 Å². The van der Waals surface area contributed by atoms with Crippen molar-refractivity contribution in [1.29, 1.82) is 0 Å². The van der Waals surface area contributed by atoms with Crippen molar-refractivity contribution < 1.29 is 22.7 Å². The highest BCUT2D eigenvalue weighted by Crippen LogP contribution is 2.22. The summed E-state index contributed by atoms with van der Waals surface area (Å²) in [4.78, 5) is 12.3. The second kappa shape index (κ2) is 7.47. The van der Waals surface area contributed by atoms with E-state index in [0.29, 0.717) is 5.69 Å². The minimum absolute atomic E-state index is 0.0920. The molecule has 3 aromatic carbocycles. The van der Waals surface area contributed by atoms with Gasteiger partial charge in [-0.05, 0) is 40.6 Å². The van der Waals surface area contributed by atoms with Gasteiger partial charge in [0.2, 0.25) is 5.91 Å². The first-order valence-electron chi connectivity index (χ1n) is 7.97. The Labute approximate surface area is 148 Å². The van der Waals surface area contributed by atoms with Gasteiger partial charge >= 0.3 is 6.18 Å². The lowest BCUT2D eigenvalue weighted by atomic mass is 10.0. The topological polar surface area (TPSA) is 38.3 Å². The number of fused-ring (bicyclic) bond motifs is 1. The number of anilines is 1. The summed E-state index contributed by atoms with van der Waals surface area (Å²) in [6.45, 7) is -1.35. The zero-order valence-corrected chi connectivity index (χ0v) is 13.7. The lowest BCUT2D eigenvalue weighted by Gasteiger charge is -2.10. The summed E-state index contributed by atoms with van der Waals surface area (Å²) in [5, 5.41) is 4.81. The van der Waals surface area contributed by atoms with Crippen molar-refractivity contribution >= 4 is 22.4 Å². The van der Waals surface area contributed by atoms with Gasteiger partial charge in [-0.1, -0.05) is 42.5 Å². The Bertz CT molecular complexity index is 900. The van der Waals surface area contributed by atoms with Crippen LogP contribution in [0.15, 0.2) is 66.7 Å². The predicted octanol–water partition coefficient (Wildman–Crippen LogP) is 4.96. The first-order valence-corrected chi connectivity index (χ1v) is 7.97. The number of nitrogens with one attached hydrogen (secondary N) is 1. The van der Waals surface area contributed by atoms with Crippen molar-refractivity contribution in [1.82, 2.24) is 0 Å². The summed E-state index contributed by atoms with van der Waals surface area (Å²) in [6, 6.07) is 19.4. The Balaban J connectivity index is 1.63. The number of hydrogen-bond donors (Lipinski definition) is 1. The van der Waals surface area contributed by atoms with Crippen LogP contribution in [0, 0.1) is 0 Å². The number of carbonyl (C=O) groups is 1. The van der Waals surface area contributed by atoms with E-state index in [9.17, 15) is 18.0 Å². The summed E-state index contributed by atoms with van der Waals surface area (Å²) in [5.41, 5.74) is 1.40. The third-order valence-electron chi connectivity index (χ3n) is 3.77. The average Bonchev–Trinajstić information content (AvgIpc) is 2.61. The molecule has 0 spiro atoms. The number of benzene rings is 3. The molecule has 0 radical (unpaired) electrons. The van der Waals surface area contributed by atoms with Gasteiger partial charge < -0.3 is 10.1 Å². The largest absolute Gasteiger partial charge is 0.484 e. The second-order valence-corrected chi connectivity index (χ2v) is 5.79. The molecule has 134 valence electrons. The van der Waals surface area contributed by atoms with Crippen molar-refractivity contribution in [3.8, 4) is 5.75 Å². The Morgan fingerprint density at radius 2 is 1.62 bits per heavy atom. The molecule has 0 fully saturated rings. The molecule has 3 aromatic rings. The van der Waals surface area contributed by atoms with E-state index < -0.39 is 12.8 Å². The van der Waals surface area contributed by atoms with Gasteiger partial charge in [0.15, 0.2) is 6.61 Å². The summed E-state index contributed by atoms with van der Waals surface area (Å²) in [5.74, 6) is -0.111. The summed E-state index contributed by atoms with van der Waals surface area (Å²) in [7, 11) is 0. The van der Waals surface area contributed by atoms with Crippen molar-refractivity contribution in [2.45, 2.75) is 12.6 Å². The quantitative estimate of drug-likeness (QED) is 0.699. The molecule has 26 heavy (non-hydrogen) atoms. The molecule has 0 heterocycles. The van der Waals surface area contributed by atoms with Crippen molar-refractivity contribution in [3.05, 3.63) is 72.3 Å². The van der Waals surface area contributed by atoms with E-state index >= 15 is 0 Å². The Morgan fingerprint density at radius 3 is 2.35 bits per heavy atom. The fraction of sp³-hybridized carbons (Fsp3) is 0.150. The smallest absolute Gasteiger partial charge is 0.422 e. The number of ether oxygens (including phenoxy) is 1. The minimum atomic E-state index is -4.38. The Kier molecular flexibility index (Phi) is 5.11. The van der Waals surface area contributed by atoms with Crippen LogP contribution in [0.3, 0.4) is 0 Å². The molecular weight excluding hydrogens is 343 g/mol. The molecular formula is C20H16F3NO2. The number of alkyl halides is 3. The average molecular weight is 359 g/mol. The highest BCUT2D eigenvalue weighted by atomic mass is 19.4. The van der Waals surface area contributed by atoms with Crippen LogP contribution in [0.4, 0.5) is 18.9 Å². The maximum Gasteiger partial charge on any atom is 0.422 e. The number of hydrogen-bond acceptors (Lipinski definition) is 2. The monoisotopic (exact) mass is 359 g/mol. The van der Waals surface area contributed by atoms with Crippen molar-refractivity contribution in [2.75, 3.05) is 11.9 Å². The van der Waals surface area contributed by atoms with Gasteiger partial charge in [0.25, 0.3) is 0 Å². The minimum Gasteiger partial charge on any atom is -0.484 e. The fourth-order valence-electron chi connectivity index (χ4n) is 2.62. The zero-order chi connectivity index (χ0) is 18.6. The Hall–Kier alpha value is -3.02. The van der Waals surface area contributed by atoms with Gasteiger partial charge in [-0.15, -0.1) is 0 Å². The molecule has 3 rings (SSSR count). The van der Waals surface area contributed by atoms with Crippen LogP contribution in [0.1, 0.15) is 5.56 Å². The number of carbonyl (C=O) groups excluding carboxylic acids is 1. The molecule has 0 aliphatic heterocycles. The fourth-order valence-corrected chi connectivity index (χ4v) is 2.62. The lowest BCUT2D eigenvalue weighted by Crippen LogP contribution is -2.19. The first-order chi connectivity index (χ1) is 12.4. The molecule has 0 unspecified atom stereocenters. The van der Waals surface area contributed by atoms with E-state index in [2.05, 4.69) is 10.1 Å². The maximum absolute atomic E-state index is 12.3. The van der Waals surface area contributed by atoms with E-state index in [-0.39, 0.29) is 18.1 Å². The summed E-state index contributed by atoms with van der Waals surface area (Å²) in [6.07, 6.45) is -4.18. The molecule has 6 heteroatoms. The standard InChI is InChI=1S/C20H16F3NO2/c21-20(22,23)13-26-17-10-8-16(9-11-17)24-19(25)12-15-6-3-5-14-4-1-2-7-18(14)15/h1-11H,12-13H2,(H,24,25). The number of amides is 1. The third kappa shape index (κ3) is 4.75. The first kappa shape index (κ1) is 17.8. The molecule has 1 N–H and O–H groups in total.